The summed E-state index contributed by atoms with van der Waals surface area (Å²) in [5, 5.41) is 5.40. The van der Waals surface area contributed by atoms with Gasteiger partial charge >= 0.3 is 0 Å². The fourth-order valence-electron chi connectivity index (χ4n) is 2.68. The number of nitrogens with zero attached hydrogens (tertiary/aromatic N) is 3. The minimum absolute atomic E-state index is 0.0270. The molecule has 1 aromatic heterocycles. The summed E-state index contributed by atoms with van der Waals surface area (Å²) in [6.07, 6.45) is 0. The van der Waals surface area contributed by atoms with Crippen LogP contribution in [0, 0.1) is 0 Å². The molecule has 1 aliphatic heterocycles. The van der Waals surface area contributed by atoms with Gasteiger partial charge in [-0.25, -0.2) is 4.98 Å². The van der Waals surface area contributed by atoms with E-state index in [1.54, 1.807) is 53.6 Å². The molecular formula is C17H20N4O3S. The lowest BCUT2D eigenvalue weighted by Crippen LogP contribution is -2.50. The second kappa shape index (κ2) is 7.52. The monoisotopic (exact) mass is 360 g/mol. The number of ether oxygens (including phenoxy) is 1. The van der Waals surface area contributed by atoms with Gasteiger partial charge in [-0.1, -0.05) is 0 Å². The predicted molar refractivity (Wildman–Crippen MR) is 96.5 cm³/mol. The molecule has 132 valence electrons. The van der Waals surface area contributed by atoms with E-state index in [0.717, 1.165) is 10.9 Å². The molecule has 0 aliphatic carbocycles. The number of rotatable bonds is 4. The van der Waals surface area contributed by atoms with Crippen molar-refractivity contribution >= 4 is 28.3 Å². The van der Waals surface area contributed by atoms with Crippen LogP contribution >= 0.6 is 11.3 Å². The number of nitrogens with one attached hydrogen (secondary N) is 1. The molecule has 0 radical (unpaired) electrons. The zero-order chi connectivity index (χ0) is 17.8. The van der Waals surface area contributed by atoms with Crippen molar-refractivity contribution in [1.82, 2.24) is 14.8 Å². The van der Waals surface area contributed by atoms with Gasteiger partial charge in [0.05, 0.1) is 7.11 Å². The average Bonchev–Trinajstić information content (AvgIpc) is 3.16. The van der Waals surface area contributed by atoms with E-state index in [1.165, 1.54) is 11.3 Å². The predicted octanol–water partition coefficient (Wildman–Crippen LogP) is 1.79. The summed E-state index contributed by atoms with van der Waals surface area (Å²) >= 11 is 1.40. The molecule has 0 bridgehead atoms. The van der Waals surface area contributed by atoms with E-state index < -0.39 is 0 Å². The largest absolute Gasteiger partial charge is 0.497 e. The van der Waals surface area contributed by atoms with Crippen molar-refractivity contribution < 1.29 is 14.3 Å². The lowest BCUT2D eigenvalue weighted by Gasteiger charge is -2.34. The van der Waals surface area contributed by atoms with Gasteiger partial charge < -0.3 is 19.9 Å². The SMILES string of the molecule is CNc1nc(C(=O)N2CCN(C(=O)c3ccc(OC)cc3)CC2)cs1. The highest BCUT2D eigenvalue weighted by Crippen LogP contribution is 2.18. The third-order valence-corrected chi connectivity index (χ3v) is 4.99. The number of aromatic nitrogens is 1. The van der Waals surface area contributed by atoms with Crippen molar-refractivity contribution in [2.24, 2.45) is 0 Å². The molecule has 1 aromatic carbocycles. The first-order chi connectivity index (χ1) is 12.1. The Morgan fingerprint density at radius 2 is 1.68 bits per heavy atom. The minimum atomic E-state index is -0.0886. The Morgan fingerprint density at radius 3 is 2.20 bits per heavy atom. The van der Waals surface area contributed by atoms with Crippen LogP contribution < -0.4 is 10.1 Å². The summed E-state index contributed by atoms with van der Waals surface area (Å²) in [6, 6.07) is 7.06. The van der Waals surface area contributed by atoms with Crippen LogP contribution in [0.5, 0.6) is 5.75 Å². The molecule has 1 aliphatic rings. The van der Waals surface area contributed by atoms with Gasteiger partial charge in [-0.05, 0) is 24.3 Å². The second-order valence-corrected chi connectivity index (χ2v) is 6.46. The number of carbonyl (C=O) groups excluding carboxylic acids is 2. The molecule has 0 atom stereocenters. The highest BCUT2D eigenvalue weighted by Gasteiger charge is 2.26. The molecule has 2 heterocycles. The summed E-state index contributed by atoms with van der Waals surface area (Å²) < 4.78 is 5.11. The van der Waals surface area contributed by atoms with Crippen molar-refractivity contribution in [3.05, 3.63) is 40.9 Å². The topological polar surface area (TPSA) is 74.8 Å². The number of anilines is 1. The van der Waals surface area contributed by atoms with E-state index >= 15 is 0 Å². The van der Waals surface area contributed by atoms with Gasteiger partial charge in [0.25, 0.3) is 11.8 Å². The summed E-state index contributed by atoms with van der Waals surface area (Å²) in [5.41, 5.74) is 1.07. The first-order valence-corrected chi connectivity index (χ1v) is 8.86. The van der Waals surface area contributed by atoms with Crippen LogP contribution in [-0.4, -0.2) is 66.9 Å². The number of carbonyl (C=O) groups is 2. The normalized spacial score (nSPS) is 14.3. The van der Waals surface area contributed by atoms with Crippen LogP contribution in [0.25, 0.3) is 0 Å². The highest BCUT2D eigenvalue weighted by atomic mass is 32.1. The van der Waals surface area contributed by atoms with Crippen molar-refractivity contribution in [1.29, 1.82) is 0 Å². The van der Waals surface area contributed by atoms with Crippen molar-refractivity contribution in [3.63, 3.8) is 0 Å². The number of methoxy groups -OCH3 is 1. The Hall–Kier alpha value is -2.61. The fraction of sp³-hybridized carbons (Fsp3) is 0.353. The van der Waals surface area contributed by atoms with E-state index in [1.807, 2.05) is 0 Å². The molecule has 25 heavy (non-hydrogen) atoms. The molecule has 7 nitrogen and oxygen atoms in total. The van der Waals surface area contributed by atoms with Crippen LogP contribution in [0.3, 0.4) is 0 Å². The van der Waals surface area contributed by atoms with Gasteiger partial charge in [0.2, 0.25) is 0 Å². The number of hydrogen-bond acceptors (Lipinski definition) is 6. The van der Waals surface area contributed by atoms with Gasteiger partial charge in [0.1, 0.15) is 11.4 Å². The van der Waals surface area contributed by atoms with E-state index in [4.69, 9.17) is 4.74 Å². The van der Waals surface area contributed by atoms with E-state index in [-0.39, 0.29) is 11.8 Å². The van der Waals surface area contributed by atoms with Crippen molar-refractivity contribution in [2.45, 2.75) is 0 Å². The maximum absolute atomic E-state index is 12.6. The first kappa shape index (κ1) is 17.2. The summed E-state index contributed by atoms with van der Waals surface area (Å²) in [6.45, 7) is 2.04. The van der Waals surface area contributed by atoms with Crippen LogP contribution in [0.4, 0.5) is 5.13 Å². The van der Waals surface area contributed by atoms with Gasteiger partial charge in [-0.2, -0.15) is 0 Å². The van der Waals surface area contributed by atoms with Crippen LogP contribution in [0.1, 0.15) is 20.8 Å². The van der Waals surface area contributed by atoms with Gasteiger partial charge in [0, 0.05) is 44.2 Å². The van der Waals surface area contributed by atoms with E-state index in [2.05, 4.69) is 10.3 Å². The third-order valence-electron chi connectivity index (χ3n) is 4.13. The molecule has 1 fully saturated rings. The van der Waals surface area contributed by atoms with Crippen LogP contribution in [0.15, 0.2) is 29.6 Å². The minimum Gasteiger partial charge on any atom is -0.497 e. The second-order valence-electron chi connectivity index (χ2n) is 5.60. The smallest absolute Gasteiger partial charge is 0.273 e. The fourth-order valence-corrected chi connectivity index (χ4v) is 3.32. The number of hydrogen-bond donors (Lipinski definition) is 1. The van der Waals surface area contributed by atoms with Gasteiger partial charge in [0.15, 0.2) is 5.13 Å². The van der Waals surface area contributed by atoms with Crippen molar-refractivity contribution in [2.75, 3.05) is 45.7 Å². The van der Waals surface area contributed by atoms with Gasteiger partial charge in [-0.15, -0.1) is 11.3 Å². The molecule has 1 saturated heterocycles. The maximum Gasteiger partial charge on any atom is 0.273 e. The Kier molecular flexibility index (Phi) is 5.18. The number of piperazine rings is 1. The quantitative estimate of drug-likeness (QED) is 0.900. The standard InChI is InChI=1S/C17H20N4O3S/c1-18-17-19-14(11-25-17)16(23)21-9-7-20(8-10-21)15(22)12-3-5-13(24-2)6-4-12/h3-6,11H,7-10H2,1-2H3,(H,18,19). The molecule has 0 spiro atoms. The molecule has 1 N–H and O–H groups in total. The average molecular weight is 360 g/mol. The molecule has 0 saturated carbocycles. The Labute approximate surface area is 150 Å². The van der Waals surface area contributed by atoms with E-state index in [9.17, 15) is 9.59 Å². The molecule has 3 rings (SSSR count). The zero-order valence-corrected chi connectivity index (χ0v) is 15.0. The maximum atomic E-state index is 12.6. The Bertz CT molecular complexity index is 752. The number of thiazole rings is 1. The first-order valence-electron chi connectivity index (χ1n) is 7.98. The Morgan fingerprint density at radius 1 is 1.08 bits per heavy atom. The molecular weight excluding hydrogens is 340 g/mol. The van der Waals surface area contributed by atoms with Gasteiger partial charge in [-0.3, -0.25) is 9.59 Å². The van der Waals surface area contributed by atoms with Crippen LogP contribution in [-0.2, 0) is 0 Å². The Balaban J connectivity index is 1.59. The lowest BCUT2D eigenvalue weighted by atomic mass is 10.1. The van der Waals surface area contributed by atoms with E-state index in [0.29, 0.717) is 37.4 Å². The molecule has 2 amide bonds. The molecule has 8 heteroatoms. The number of benzene rings is 1. The summed E-state index contributed by atoms with van der Waals surface area (Å²) in [7, 11) is 3.37. The summed E-state index contributed by atoms with van der Waals surface area (Å²) in [5.74, 6) is 0.603. The van der Waals surface area contributed by atoms with Crippen molar-refractivity contribution in [3.8, 4) is 5.75 Å². The summed E-state index contributed by atoms with van der Waals surface area (Å²) in [4.78, 5) is 32.8. The zero-order valence-electron chi connectivity index (χ0n) is 14.2. The van der Waals surface area contributed by atoms with Crippen LogP contribution in [0.2, 0.25) is 0 Å². The lowest BCUT2D eigenvalue weighted by molar-refractivity contribution is 0.0533. The highest BCUT2D eigenvalue weighted by molar-refractivity contribution is 7.13. The molecule has 2 aromatic rings. The molecule has 0 unspecified atom stereocenters. The number of amides is 2. The third kappa shape index (κ3) is 3.74.